The van der Waals surface area contributed by atoms with Gasteiger partial charge < -0.3 is 0 Å². The van der Waals surface area contributed by atoms with Crippen molar-refractivity contribution >= 4 is 11.6 Å². The average Bonchev–Trinajstić information content (AvgIpc) is 2.83. The fourth-order valence-corrected chi connectivity index (χ4v) is 3.28. The average molecular weight is 241 g/mol. The summed E-state index contributed by atoms with van der Waals surface area (Å²) in [6, 6.07) is 2.37. The molecule has 2 nitrogen and oxygen atoms in total. The molecule has 86 valence electrons. The van der Waals surface area contributed by atoms with Crippen LogP contribution in [0, 0.1) is 5.95 Å². The lowest BCUT2D eigenvalue weighted by atomic mass is 9.92. The lowest BCUT2D eigenvalue weighted by Crippen LogP contribution is -2.25. The van der Waals surface area contributed by atoms with Crippen LogP contribution >= 0.6 is 11.6 Å². The lowest BCUT2D eigenvalue weighted by molar-refractivity contribution is 0.313. The van der Waals surface area contributed by atoms with E-state index >= 15 is 0 Å². The molecule has 0 N–H and O–H groups in total. The molecule has 2 atom stereocenters. The van der Waals surface area contributed by atoms with Crippen LogP contribution in [-0.4, -0.2) is 29.0 Å². The topological polar surface area (TPSA) is 16.1 Å². The molecule has 0 spiro atoms. The fraction of sp³-hybridized carbons (Fsp3) is 0.583. The lowest BCUT2D eigenvalue weighted by Gasteiger charge is -2.20. The zero-order chi connectivity index (χ0) is 11.1. The quantitative estimate of drug-likeness (QED) is 0.702. The SMILES string of the molecule is Fc1ncc(C2CCN3CCCC23)cc1Cl. The highest BCUT2D eigenvalue weighted by Crippen LogP contribution is 2.39. The molecule has 2 aliphatic heterocycles. The second kappa shape index (κ2) is 3.97. The molecule has 1 aromatic rings. The van der Waals surface area contributed by atoms with Gasteiger partial charge >= 0.3 is 0 Å². The van der Waals surface area contributed by atoms with E-state index in [4.69, 9.17) is 11.6 Å². The molecule has 3 rings (SSSR count). The summed E-state index contributed by atoms with van der Waals surface area (Å²) in [5, 5.41) is 0.147. The van der Waals surface area contributed by atoms with E-state index in [0.717, 1.165) is 18.5 Å². The van der Waals surface area contributed by atoms with E-state index in [0.29, 0.717) is 12.0 Å². The monoisotopic (exact) mass is 240 g/mol. The molecular formula is C12H14ClFN2. The summed E-state index contributed by atoms with van der Waals surface area (Å²) in [6.45, 7) is 2.37. The van der Waals surface area contributed by atoms with Gasteiger partial charge in [-0.3, -0.25) is 4.90 Å². The molecule has 1 aromatic heterocycles. The maximum absolute atomic E-state index is 13.0. The minimum absolute atomic E-state index is 0.147. The first-order valence-corrected chi connectivity index (χ1v) is 6.18. The van der Waals surface area contributed by atoms with Crippen LogP contribution in [0.1, 0.15) is 30.7 Å². The predicted octanol–water partition coefficient (Wildman–Crippen LogP) is 2.83. The van der Waals surface area contributed by atoms with Gasteiger partial charge in [0, 0.05) is 18.2 Å². The normalized spacial score (nSPS) is 29.6. The van der Waals surface area contributed by atoms with Gasteiger partial charge in [-0.2, -0.15) is 4.39 Å². The first kappa shape index (κ1) is 10.5. The molecule has 2 aliphatic rings. The van der Waals surface area contributed by atoms with Crippen molar-refractivity contribution in [3.8, 4) is 0 Å². The minimum atomic E-state index is -0.563. The summed E-state index contributed by atoms with van der Waals surface area (Å²) >= 11 is 5.78. The number of nitrogens with zero attached hydrogens (tertiary/aromatic N) is 2. The van der Waals surface area contributed by atoms with Crippen molar-refractivity contribution in [1.29, 1.82) is 0 Å². The summed E-state index contributed by atoms with van der Waals surface area (Å²) in [6.07, 6.45) is 5.32. The van der Waals surface area contributed by atoms with E-state index < -0.39 is 5.95 Å². The van der Waals surface area contributed by atoms with Crippen molar-refractivity contribution in [2.45, 2.75) is 31.2 Å². The van der Waals surface area contributed by atoms with Crippen LogP contribution in [-0.2, 0) is 0 Å². The van der Waals surface area contributed by atoms with Crippen molar-refractivity contribution in [3.05, 3.63) is 28.8 Å². The van der Waals surface area contributed by atoms with Crippen molar-refractivity contribution in [1.82, 2.24) is 9.88 Å². The first-order valence-electron chi connectivity index (χ1n) is 5.80. The number of halogens is 2. The highest BCUT2D eigenvalue weighted by molar-refractivity contribution is 6.30. The molecule has 2 unspecified atom stereocenters. The molecule has 0 amide bonds. The predicted molar refractivity (Wildman–Crippen MR) is 61.2 cm³/mol. The van der Waals surface area contributed by atoms with Crippen molar-refractivity contribution in [2.75, 3.05) is 13.1 Å². The number of aromatic nitrogens is 1. The molecule has 0 bridgehead atoms. The summed E-state index contributed by atoms with van der Waals surface area (Å²) < 4.78 is 13.0. The highest BCUT2D eigenvalue weighted by Gasteiger charge is 2.38. The van der Waals surface area contributed by atoms with Gasteiger partial charge in [0.1, 0.15) is 0 Å². The maximum Gasteiger partial charge on any atom is 0.231 e. The molecule has 2 fully saturated rings. The van der Waals surface area contributed by atoms with Gasteiger partial charge in [0.2, 0.25) is 5.95 Å². The Morgan fingerprint density at radius 3 is 3.06 bits per heavy atom. The number of rotatable bonds is 1. The van der Waals surface area contributed by atoms with Gasteiger partial charge in [0.05, 0.1) is 5.02 Å². The van der Waals surface area contributed by atoms with Crippen LogP contribution in [0.5, 0.6) is 0 Å². The second-order valence-electron chi connectivity index (χ2n) is 4.68. The van der Waals surface area contributed by atoms with Gasteiger partial charge in [0.15, 0.2) is 0 Å². The van der Waals surface area contributed by atoms with Gasteiger partial charge in [0.25, 0.3) is 0 Å². The van der Waals surface area contributed by atoms with Gasteiger partial charge in [-0.25, -0.2) is 4.98 Å². The van der Waals surface area contributed by atoms with Crippen molar-refractivity contribution in [3.63, 3.8) is 0 Å². The summed E-state index contributed by atoms with van der Waals surface area (Å²) in [4.78, 5) is 6.25. The Balaban J connectivity index is 1.89. The Morgan fingerprint density at radius 2 is 2.25 bits per heavy atom. The van der Waals surface area contributed by atoms with E-state index in [1.165, 1.54) is 19.4 Å². The van der Waals surface area contributed by atoms with Crippen LogP contribution < -0.4 is 0 Å². The van der Waals surface area contributed by atoms with Crippen molar-refractivity contribution in [2.24, 2.45) is 0 Å². The third-order valence-corrected chi connectivity index (χ3v) is 4.12. The van der Waals surface area contributed by atoms with Crippen LogP contribution in [0.15, 0.2) is 12.3 Å². The van der Waals surface area contributed by atoms with Gasteiger partial charge in [-0.1, -0.05) is 11.6 Å². The molecule has 0 saturated carbocycles. The number of hydrogen-bond acceptors (Lipinski definition) is 2. The molecule has 0 aliphatic carbocycles. The zero-order valence-corrected chi connectivity index (χ0v) is 9.75. The summed E-state index contributed by atoms with van der Waals surface area (Å²) in [5.41, 5.74) is 1.10. The van der Waals surface area contributed by atoms with E-state index in [9.17, 15) is 4.39 Å². The van der Waals surface area contributed by atoms with E-state index in [1.807, 2.05) is 0 Å². The minimum Gasteiger partial charge on any atom is -0.300 e. The second-order valence-corrected chi connectivity index (χ2v) is 5.09. The number of pyridine rings is 1. The molecule has 3 heterocycles. The Hall–Kier alpha value is -0.670. The third-order valence-electron chi connectivity index (χ3n) is 3.85. The zero-order valence-electron chi connectivity index (χ0n) is 9.00. The Kier molecular flexibility index (Phi) is 2.60. The molecular weight excluding hydrogens is 227 g/mol. The van der Waals surface area contributed by atoms with Crippen LogP contribution in [0.25, 0.3) is 0 Å². The molecule has 0 aromatic carbocycles. The third kappa shape index (κ3) is 1.62. The summed E-state index contributed by atoms with van der Waals surface area (Å²) in [7, 11) is 0. The Morgan fingerprint density at radius 1 is 1.38 bits per heavy atom. The molecule has 0 radical (unpaired) electrons. The molecule has 2 saturated heterocycles. The van der Waals surface area contributed by atoms with Crippen LogP contribution in [0.2, 0.25) is 5.02 Å². The smallest absolute Gasteiger partial charge is 0.231 e. The van der Waals surface area contributed by atoms with E-state index in [-0.39, 0.29) is 5.02 Å². The number of hydrogen-bond donors (Lipinski definition) is 0. The maximum atomic E-state index is 13.0. The summed E-state index contributed by atoms with van der Waals surface area (Å²) in [5.74, 6) is -0.0696. The van der Waals surface area contributed by atoms with Crippen LogP contribution in [0.4, 0.5) is 4.39 Å². The standard InChI is InChI=1S/C12H14ClFN2/c13-10-6-8(7-15-12(10)14)9-3-5-16-4-1-2-11(9)16/h6-7,9,11H,1-5H2. The Labute approximate surface area is 99.4 Å². The molecule has 4 heteroatoms. The number of fused-ring (bicyclic) bond motifs is 1. The van der Waals surface area contributed by atoms with Crippen LogP contribution in [0.3, 0.4) is 0 Å². The Bertz CT molecular complexity index is 410. The van der Waals surface area contributed by atoms with Gasteiger partial charge in [-0.05, 0) is 44.0 Å². The molecule has 16 heavy (non-hydrogen) atoms. The van der Waals surface area contributed by atoms with Crippen molar-refractivity contribution < 1.29 is 4.39 Å². The first-order chi connectivity index (χ1) is 7.75. The van der Waals surface area contributed by atoms with Gasteiger partial charge in [-0.15, -0.1) is 0 Å². The fourth-order valence-electron chi connectivity index (χ4n) is 3.11. The van der Waals surface area contributed by atoms with E-state index in [1.54, 1.807) is 12.3 Å². The van der Waals surface area contributed by atoms with E-state index in [2.05, 4.69) is 9.88 Å². The highest BCUT2D eigenvalue weighted by atomic mass is 35.5. The largest absolute Gasteiger partial charge is 0.300 e.